The Balaban J connectivity index is 1.81. The van der Waals surface area contributed by atoms with E-state index in [1.807, 2.05) is 32.0 Å². The van der Waals surface area contributed by atoms with E-state index in [1.165, 1.54) is 6.33 Å². The van der Waals surface area contributed by atoms with Crippen LogP contribution < -0.4 is 15.4 Å². The van der Waals surface area contributed by atoms with Crippen LogP contribution in [0.25, 0.3) is 0 Å². The summed E-state index contributed by atoms with van der Waals surface area (Å²) in [5.74, 6) is 0.843. The van der Waals surface area contributed by atoms with Crippen LogP contribution in [0.1, 0.15) is 21.6 Å². The van der Waals surface area contributed by atoms with Crippen LogP contribution in [0.15, 0.2) is 48.8 Å². The van der Waals surface area contributed by atoms with E-state index in [4.69, 9.17) is 16.3 Å². The first-order valence-corrected chi connectivity index (χ1v) is 8.65. The molecular formula is C20H19ClN4O2. The van der Waals surface area contributed by atoms with E-state index in [0.29, 0.717) is 22.3 Å². The summed E-state index contributed by atoms with van der Waals surface area (Å²) in [4.78, 5) is 20.8. The number of aromatic nitrogens is 2. The minimum Gasteiger partial charge on any atom is -0.495 e. The first-order valence-electron chi connectivity index (χ1n) is 8.27. The summed E-state index contributed by atoms with van der Waals surface area (Å²) >= 11 is 5.95. The fourth-order valence-electron chi connectivity index (χ4n) is 2.56. The van der Waals surface area contributed by atoms with Gasteiger partial charge >= 0.3 is 0 Å². The monoisotopic (exact) mass is 382 g/mol. The van der Waals surface area contributed by atoms with Crippen molar-refractivity contribution < 1.29 is 9.53 Å². The van der Waals surface area contributed by atoms with E-state index in [1.54, 1.807) is 31.4 Å². The van der Waals surface area contributed by atoms with E-state index in [-0.39, 0.29) is 11.6 Å². The largest absolute Gasteiger partial charge is 0.495 e. The predicted molar refractivity (Wildman–Crippen MR) is 107 cm³/mol. The number of carbonyl (C=O) groups excluding carboxylic acids is 1. The van der Waals surface area contributed by atoms with Crippen LogP contribution in [0.4, 0.5) is 17.2 Å². The number of ether oxygens (including phenoxy) is 1. The quantitative estimate of drug-likeness (QED) is 0.665. The third kappa shape index (κ3) is 4.54. The van der Waals surface area contributed by atoms with Crippen molar-refractivity contribution in [3.8, 4) is 5.75 Å². The number of methoxy groups -OCH3 is 1. The van der Waals surface area contributed by atoms with E-state index >= 15 is 0 Å². The number of aryl methyl sites for hydroxylation is 2. The standard InChI is InChI=1S/C20H19ClN4O2/c1-12-4-7-18(27-3)16(8-12)24-19-10-17(22-11-23-19)20(26)25-15-6-5-14(21)9-13(15)2/h4-11H,1-3H3,(H,25,26)(H,22,23,24). The van der Waals surface area contributed by atoms with E-state index in [0.717, 1.165) is 16.8 Å². The van der Waals surface area contributed by atoms with Crippen molar-refractivity contribution in [3.63, 3.8) is 0 Å². The Morgan fingerprint density at radius 2 is 1.85 bits per heavy atom. The van der Waals surface area contributed by atoms with E-state index in [2.05, 4.69) is 20.6 Å². The molecule has 0 fully saturated rings. The lowest BCUT2D eigenvalue weighted by molar-refractivity contribution is 0.102. The summed E-state index contributed by atoms with van der Waals surface area (Å²) in [6.45, 7) is 3.86. The van der Waals surface area contributed by atoms with Gasteiger partial charge in [-0.1, -0.05) is 17.7 Å². The fraction of sp³-hybridized carbons (Fsp3) is 0.150. The molecule has 0 aliphatic rings. The molecule has 0 unspecified atom stereocenters. The molecule has 3 aromatic rings. The second-order valence-corrected chi connectivity index (χ2v) is 6.47. The number of hydrogen-bond donors (Lipinski definition) is 2. The lowest BCUT2D eigenvalue weighted by Crippen LogP contribution is -2.15. The van der Waals surface area contributed by atoms with Gasteiger partial charge in [0, 0.05) is 16.8 Å². The molecule has 3 rings (SSSR count). The summed E-state index contributed by atoms with van der Waals surface area (Å²) in [6.07, 6.45) is 1.34. The zero-order valence-corrected chi connectivity index (χ0v) is 16.0. The molecule has 1 amide bonds. The summed E-state index contributed by atoms with van der Waals surface area (Å²) in [7, 11) is 1.60. The van der Waals surface area contributed by atoms with Gasteiger partial charge in [0.05, 0.1) is 12.8 Å². The number of nitrogens with zero attached hydrogens (tertiary/aromatic N) is 2. The third-order valence-corrected chi connectivity index (χ3v) is 4.19. The molecule has 1 aromatic heterocycles. The van der Waals surface area contributed by atoms with Gasteiger partial charge < -0.3 is 15.4 Å². The second-order valence-electron chi connectivity index (χ2n) is 6.03. The summed E-state index contributed by atoms with van der Waals surface area (Å²) < 4.78 is 5.36. The molecule has 0 aliphatic heterocycles. The van der Waals surface area contributed by atoms with Gasteiger partial charge in [-0.15, -0.1) is 0 Å². The number of rotatable bonds is 5. The maximum absolute atomic E-state index is 12.5. The number of carbonyl (C=O) groups is 1. The summed E-state index contributed by atoms with van der Waals surface area (Å²) in [5, 5.41) is 6.62. The molecule has 0 bridgehead atoms. The van der Waals surface area contributed by atoms with Crippen LogP contribution in [0, 0.1) is 13.8 Å². The van der Waals surface area contributed by atoms with Crippen molar-refractivity contribution in [1.82, 2.24) is 9.97 Å². The van der Waals surface area contributed by atoms with Crippen molar-refractivity contribution in [2.75, 3.05) is 17.7 Å². The zero-order chi connectivity index (χ0) is 19.4. The number of anilines is 3. The molecule has 0 radical (unpaired) electrons. The van der Waals surface area contributed by atoms with Gasteiger partial charge in [-0.05, 0) is 55.3 Å². The Hall–Kier alpha value is -3.12. The van der Waals surface area contributed by atoms with Gasteiger partial charge in [0.2, 0.25) is 0 Å². The topological polar surface area (TPSA) is 76.1 Å². The van der Waals surface area contributed by atoms with Crippen LogP contribution in [0.3, 0.4) is 0 Å². The number of halogens is 1. The normalized spacial score (nSPS) is 10.4. The highest BCUT2D eigenvalue weighted by atomic mass is 35.5. The van der Waals surface area contributed by atoms with Crippen LogP contribution in [0.5, 0.6) is 5.75 Å². The number of amides is 1. The molecule has 27 heavy (non-hydrogen) atoms. The van der Waals surface area contributed by atoms with Crippen LogP contribution in [-0.4, -0.2) is 23.0 Å². The maximum atomic E-state index is 12.5. The van der Waals surface area contributed by atoms with Crippen molar-refractivity contribution in [3.05, 3.63) is 70.6 Å². The Bertz CT molecular complexity index is 991. The maximum Gasteiger partial charge on any atom is 0.274 e. The lowest BCUT2D eigenvalue weighted by Gasteiger charge is -2.12. The Morgan fingerprint density at radius 3 is 2.59 bits per heavy atom. The molecule has 0 aliphatic carbocycles. The third-order valence-electron chi connectivity index (χ3n) is 3.95. The van der Waals surface area contributed by atoms with Crippen LogP contribution >= 0.6 is 11.6 Å². The van der Waals surface area contributed by atoms with E-state index in [9.17, 15) is 4.79 Å². The van der Waals surface area contributed by atoms with Crippen LogP contribution in [-0.2, 0) is 0 Å². The lowest BCUT2D eigenvalue weighted by atomic mass is 10.2. The van der Waals surface area contributed by atoms with E-state index < -0.39 is 0 Å². The fourth-order valence-corrected chi connectivity index (χ4v) is 2.79. The van der Waals surface area contributed by atoms with Crippen LogP contribution in [0.2, 0.25) is 5.02 Å². The minimum atomic E-state index is -0.331. The highest BCUT2D eigenvalue weighted by Crippen LogP contribution is 2.28. The molecule has 1 heterocycles. The molecule has 138 valence electrons. The molecular weight excluding hydrogens is 364 g/mol. The van der Waals surface area contributed by atoms with Gasteiger partial charge in [0.1, 0.15) is 23.6 Å². The van der Waals surface area contributed by atoms with Crippen molar-refractivity contribution >= 4 is 34.7 Å². The highest BCUT2D eigenvalue weighted by molar-refractivity contribution is 6.30. The minimum absolute atomic E-state index is 0.244. The SMILES string of the molecule is COc1ccc(C)cc1Nc1cc(C(=O)Nc2ccc(Cl)cc2C)ncn1. The predicted octanol–water partition coefficient (Wildman–Crippen LogP) is 4.75. The molecule has 0 atom stereocenters. The molecule has 0 saturated heterocycles. The van der Waals surface area contributed by atoms with Gasteiger partial charge in [-0.25, -0.2) is 9.97 Å². The smallest absolute Gasteiger partial charge is 0.274 e. The van der Waals surface area contributed by atoms with Crippen molar-refractivity contribution in [1.29, 1.82) is 0 Å². The second kappa shape index (κ2) is 8.05. The van der Waals surface area contributed by atoms with Crippen molar-refractivity contribution in [2.45, 2.75) is 13.8 Å². The first kappa shape index (κ1) is 18.7. The Kier molecular flexibility index (Phi) is 5.57. The molecule has 6 nitrogen and oxygen atoms in total. The average molecular weight is 383 g/mol. The molecule has 2 aromatic carbocycles. The Labute approximate surface area is 162 Å². The first-order chi connectivity index (χ1) is 13.0. The molecule has 2 N–H and O–H groups in total. The molecule has 7 heteroatoms. The van der Waals surface area contributed by atoms with Gasteiger partial charge in [-0.3, -0.25) is 4.79 Å². The van der Waals surface area contributed by atoms with Crippen molar-refractivity contribution in [2.24, 2.45) is 0 Å². The molecule has 0 saturated carbocycles. The zero-order valence-electron chi connectivity index (χ0n) is 15.2. The average Bonchev–Trinajstić information content (AvgIpc) is 2.64. The summed E-state index contributed by atoms with van der Waals surface area (Å²) in [6, 6.07) is 12.6. The summed E-state index contributed by atoms with van der Waals surface area (Å²) in [5.41, 5.74) is 3.62. The van der Waals surface area contributed by atoms with Gasteiger partial charge in [0.25, 0.3) is 5.91 Å². The molecule has 0 spiro atoms. The number of nitrogens with one attached hydrogen (secondary N) is 2. The highest BCUT2D eigenvalue weighted by Gasteiger charge is 2.12. The van der Waals surface area contributed by atoms with Gasteiger partial charge in [-0.2, -0.15) is 0 Å². The number of hydrogen-bond acceptors (Lipinski definition) is 5. The number of benzene rings is 2. The Morgan fingerprint density at radius 1 is 1.04 bits per heavy atom. The van der Waals surface area contributed by atoms with Gasteiger partial charge in [0.15, 0.2) is 0 Å².